The Hall–Kier alpha value is -0.940. The van der Waals surface area contributed by atoms with Gasteiger partial charge >= 0.3 is 0 Å². The van der Waals surface area contributed by atoms with Crippen LogP contribution in [-0.2, 0) is 14.3 Å². The lowest BCUT2D eigenvalue weighted by atomic mass is 9.77. The SMILES string of the molecule is CCC1CCC(O)(CN2C(=O)COCC2=O)CC1. The van der Waals surface area contributed by atoms with Gasteiger partial charge in [0.15, 0.2) is 0 Å². The third-order valence-electron chi connectivity index (χ3n) is 4.12. The molecule has 2 aliphatic rings. The van der Waals surface area contributed by atoms with E-state index in [1.807, 2.05) is 0 Å². The molecular formula is C13H21NO4. The van der Waals surface area contributed by atoms with Crippen LogP contribution in [0.1, 0.15) is 39.0 Å². The molecule has 1 N–H and O–H groups in total. The summed E-state index contributed by atoms with van der Waals surface area (Å²) in [7, 11) is 0. The Morgan fingerprint density at radius 1 is 1.28 bits per heavy atom. The number of carbonyl (C=O) groups is 2. The highest BCUT2D eigenvalue weighted by Crippen LogP contribution is 2.34. The van der Waals surface area contributed by atoms with E-state index in [-0.39, 0.29) is 31.6 Å². The maximum absolute atomic E-state index is 11.6. The van der Waals surface area contributed by atoms with Crippen LogP contribution in [0.5, 0.6) is 0 Å². The van der Waals surface area contributed by atoms with Crippen molar-refractivity contribution in [2.24, 2.45) is 5.92 Å². The minimum atomic E-state index is -0.895. The van der Waals surface area contributed by atoms with E-state index in [4.69, 9.17) is 4.74 Å². The maximum Gasteiger partial charge on any atom is 0.255 e. The Balaban J connectivity index is 1.95. The molecule has 18 heavy (non-hydrogen) atoms. The summed E-state index contributed by atoms with van der Waals surface area (Å²) in [6, 6.07) is 0. The molecule has 102 valence electrons. The average Bonchev–Trinajstić information content (AvgIpc) is 2.35. The summed E-state index contributed by atoms with van der Waals surface area (Å²) in [4.78, 5) is 24.4. The zero-order chi connectivity index (χ0) is 13.2. The summed E-state index contributed by atoms with van der Waals surface area (Å²) in [6.45, 7) is 2.17. The van der Waals surface area contributed by atoms with Crippen LogP contribution < -0.4 is 0 Å². The van der Waals surface area contributed by atoms with E-state index in [9.17, 15) is 14.7 Å². The molecule has 0 radical (unpaired) electrons. The van der Waals surface area contributed by atoms with E-state index in [1.165, 1.54) is 0 Å². The van der Waals surface area contributed by atoms with Crippen molar-refractivity contribution in [1.82, 2.24) is 4.90 Å². The molecule has 0 aromatic carbocycles. The van der Waals surface area contributed by atoms with Crippen molar-refractivity contribution in [2.45, 2.75) is 44.6 Å². The Bertz CT molecular complexity index is 318. The molecule has 2 amide bonds. The molecule has 1 heterocycles. The molecule has 0 atom stereocenters. The first kappa shape index (κ1) is 13.5. The first-order valence-corrected chi connectivity index (χ1v) is 6.67. The lowest BCUT2D eigenvalue weighted by Crippen LogP contribution is -2.54. The number of hydrogen-bond donors (Lipinski definition) is 1. The molecule has 0 aromatic heterocycles. The number of amides is 2. The summed E-state index contributed by atoms with van der Waals surface area (Å²) >= 11 is 0. The third-order valence-corrected chi connectivity index (χ3v) is 4.12. The second-order valence-electron chi connectivity index (χ2n) is 5.44. The quantitative estimate of drug-likeness (QED) is 0.754. The summed E-state index contributed by atoms with van der Waals surface area (Å²) < 4.78 is 4.86. The van der Waals surface area contributed by atoms with Gasteiger partial charge in [0.05, 0.1) is 12.1 Å². The van der Waals surface area contributed by atoms with Gasteiger partial charge in [0.25, 0.3) is 11.8 Å². The molecule has 5 heteroatoms. The van der Waals surface area contributed by atoms with Crippen molar-refractivity contribution in [3.05, 3.63) is 0 Å². The summed E-state index contributed by atoms with van der Waals surface area (Å²) in [5, 5.41) is 10.5. The number of hydrogen-bond acceptors (Lipinski definition) is 4. The van der Waals surface area contributed by atoms with Gasteiger partial charge in [0.2, 0.25) is 0 Å². The van der Waals surface area contributed by atoms with E-state index >= 15 is 0 Å². The number of β-amino-alcohol motifs (C(OH)–C–C–N with tert-alkyl or cyclic N) is 1. The normalized spacial score (nSPS) is 33.9. The molecule has 2 fully saturated rings. The zero-order valence-electron chi connectivity index (χ0n) is 10.9. The fourth-order valence-electron chi connectivity index (χ4n) is 2.77. The van der Waals surface area contributed by atoms with Crippen LogP contribution in [0.3, 0.4) is 0 Å². The highest BCUT2D eigenvalue weighted by Gasteiger charge is 2.38. The number of aliphatic hydroxyl groups is 1. The van der Waals surface area contributed by atoms with Crippen LogP contribution in [0.2, 0.25) is 0 Å². The molecule has 2 rings (SSSR count). The zero-order valence-corrected chi connectivity index (χ0v) is 10.9. The van der Waals surface area contributed by atoms with E-state index in [0.29, 0.717) is 18.8 Å². The fraction of sp³-hybridized carbons (Fsp3) is 0.846. The van der Waals surface area contributed by atoms with Crippen LogP contribution in [0.4, 0.5) is 0 Å². The fourth-order valence-corrected chi connectivity index (χ4v) is 2.77. The van der Waals surface area contributed by atoms with Crippen molar-refractivity contribution >= 4 is 11.8 Å². The molecule has 1 aliphatic heterocycles. The van der Waals surface area contributed by atoms with Crippen molar-refractivity contribution in [3.8, 4) is 0 Å². The lowest BCUT2D eigenvalue weighted by molar-refractivity contribution is -0.164. The molecule has 0 aromatic rings. The first-order chi connectivity index (χ1) is 8.54. The van der Waals surface area contributed by atoms with Crippen LogP contribution in [0, 0.1) is 5.92 Å². The van der Waals surface area contributed by atoms with Gasteiger partial charge in [0, 0.05) is 0 Å². The van der Waals surface area contributed by atoms with Crippen LogP contribution >= 0.6 is 0 Å². The summed E-state index contributed by atoms with van der Waals surface area (Å²) in [5.41, 5.74) is -0.895. The summed E-state index contributed by atoms with van der Waals surface area (Å²) in [6.07, 6.45) is 4.41. The van der Waals surface area contributed by atoms with Gasteiger partial charge in [-0.2, -0.15) is 0 Å². The van der Waals surface area contributed by atoms with E-state index in [0.717, 1.165) is 24.2 Å². The minimum Gasteiger partial charge on any atom is -0.388 e. The van der Waals surface area contributed by atoms with E-state index in [1.54, 1.807) is 0 Å². The molecule has 0 bridgehead atoms. The van der Waals surface area contributed by atoms with Gasteiger partial charge in [-0.1, -0.05) is 13.3 Å². The number of morpholine rings is 1. The Labute approximate surface area is 107 Å². The predicted molar refractivity (Wildman–Crippen MR) is 64.7 cm³/mol. The largest absolute Gasteiger partial charge is 0.388 e. The van der Waals surface area contributed by atoms with Crippen molar-refractivity contribution < 1.29 is 19.4 Å². The van der Waals surface area contributed by atoms with Gasteiger partial charge in [-0.3, -0.25) is 14.5 Å². The van der Waals surface area contributed by atoms with Gasteiger partial charge in [-0.05, 0) is 31.6 Å². The standard InChI is InChI=1S/C13H21NO4/c1-2-10-3-5-13(17,6-4-10)9-14-11(15)7-18-8-12(14)16/h10,17H,2-9H2,1H3. The molecule has 1 saturated carbocycles. The van der Waals surface area contributed by atoms with Crippen molar-refractivity contribution in [1.29, 1.82) is 0 Å². The topological polar surface area (TPSA) is 66.8 Å². The number of rotatable bonds is 3. The predicted octanol–water partition coefficient (Wildman–Crippen LogP) is 0.703. The Kier molecular flexibility index (Phi) is 4.02. The lowest BCUT2D eigenvalue weighted by Gasteiger charge is -2.39. The highest BCUT2D eigenvalue weighted by atomic mass is 16.5. The Morgan fingerprint density at radius 2 is 1.83 bits per heavy atom. The molecular weight excluding hydrogens is 234 g/mol. The van der Waals surface area contributed by atoms with Crippen LogP contribution in [0.25, 0.3) is 0 Å². The number of ether oxygens (including phenoxy) is 1. The molecule has 1 saturated heterocycles. The average molecular weight is 255 g/mol. The number of nitrogens with zero attached hydrogens (tertiary/aromatic N) is 1. The van der Waals surface area contributed by atoms with Crippen molar-refractivity contribution in [2.75, 3.05) is 19.8 Å². The number of carbonyl (C=O) groups excluding carboxylic acids is 2. The molecule has 0 spiro atoms. The van der Waals surface area contributed by atoms with Crippen molar-refractivity contribution in [3.63, 3.8) is 0 Å². The second-order valence-corrected chi connectivity index (χ2v) is 5.44. The smallest absolute Gasteiger partial charge is 0.255 e. The van der Waals surface area contributed by atoms with Gasteiger partial charge in [-0.25, -0.2) is 0 Å². The number of imide groups is 1. The molecule has 5 nitrogen and oxygen atoms in total. The van der Waals surface area contributed by atoms with E-state index < -0.39 is 5.60 Å². The maximum atomic E-state index is 11.6. The Morgan fingerprint density at radius 3 is 2.33 bits per heavy atom. The van der Waals surface area contributed by atoms with Gasteiger partial charge in [0.1, 0.15) is 13.2 Å². The molecule has 1 aliphatic carbocycles. The first-order valence-electron chi connectivity index (χ1n) is 6.67. The minimum absolute atomic E-state index is 0.0561. The third kappa shape index (κ3) is 2.90. The monoisotopic (exact) mass is 255 g/mol. The van der Waals surface area contributed by atoms with E-state index in [2.05, 4.69) is 6.92 Å². The van der Waals surface area contributed by atoms with Crippen LogP contribution in [-0.4, -0.2) is 47.2 Å². The van der Waals surface area contributed by atoms with Gasteiger partial charge in [-0.15, -0.1) is 0 Å². The second kappa shape index (κ2) is 5.36. The highest BCUT2D eigenvalue weighted by molar-refractivity contribution is 5.98. The van der Waals surface area contributed by atoms with Gasteiger partial charge < -0.3 is 9.84 Å². The summed E-state index contributed by atoms with van der Waals surface area (Å²) in [5.74, 6) is -0.00375. The van der Waals surface area contributed by atoms with Crippen LogP contribution in [0.15, 0.2) is 0 Å². The molecule has 0 unspecified atom stereocenters.